The van der Waals surface area contributed by atoms with Crippen LogP contribution in [0.15, 0.2) is 77.7 Å². The zero-order valence-corrected chi connectivity index (χ0v) is 19.4. The molecule has 3 aromatic carbocycles. The van der Waals surface area contributed by atoms with Gasteiger partial charge in [0.15, 0.2) is 0 Å². The summed E-state index contributed by atoms with van der Waals surface area (Å²) in [6.07, 6.45) is 2.93. The van der Waals surface area contributed by atoms with E-state index in [2.05, 4.69) is 59.8 Å². The average molecular weight is 442 g/mol. The monoisotopic (exact) mass is 441 g/mol. The van der Waals surface area contributed by atoms with Crippen molar-refractivity contribution in [2.45, 2.75) is 17.4 Å². The fraction of sp³-hybridized carbons (Fsp3) is 0.222. The number of rotatable bonds is 4. The van der Waals surface area contributed by atoms with Gasteiger partial charge in [0.2, 0.25) is 0 Å². The van der Waals surface area contributed by atoms with Crippen LogP contribution >= 0.6 is 11.8 Å². The molecule has 1 aliphatic rings. The van der Waals surface area contributed by atoms with E-state index < -0.39 is 0 Å². The van der Waals surface area contributed by atoms with E-state index in [4.69, 9.17) is 0 Å². The second kappa shape index (κ2) is 8.40. The molecule has 0 unspecified atom stereocenters. The van der Waals surface area contributed by atoms with Crippen molar-refractivity contribution in [3.8, 4) is 0 Å². The van der Waals surface area contributed by atoms with Gasteiger partial charge >= 0.3 is 0 Å². The first-order valence-corrected chi connectivity index (χ1v) is 12.1. The Bertz CT molecular complexity index is 1260. The number of hydrogen-bond acceptors (Lipinski definition) is 3. The van der Waals surface area contributed by atoms with Crippen molar-refractivity contribution in [2.24, 2.45) is 0 Å². The molecule has 0 bridgehead atoms. The van der Waals surface area contributed by atoms with Gasteiger partial charge in [0, 0.05) is 53.4 Å². The number of carbonyl (C=O) groups excluding carboxylic acids is 1. The lowest BCUT2D eigenvalue weighted by Crippen LogP contribution is -2.40. The highest BCUT2D eigenvalue weighted by Gasteiger charge is 2.34. The van der Waals surface area contributed by atoms with E-state index in [1.54, 1.807) is 11.8 Å². The van der Waals surface area contributed by atoms with E-state index in [0.29, 0.717) is 6.54 Å². The molecule has 0 radical (unpaired) electrons. The summed E-state index contributed by atoms with van der Waals surface area (Å²) in [4.78, 5) is 22.6. The van der Waals surface area contributed by atoms with Crippen LogP contribution in [-0.4, -0.2) is 42.7 Å². The summed E-state index contributed by atoms with van der Waals surface area (Å²) in [5.74, 6) is 0.0681. The second-order valence-electron chi connectivity index (χ2n) is 8.43. The lowest BCUT2D eigenvalue weighted by atomic mass is 9.91. The molecule has 0 saturated heterocycles. The molecule has 1 aliphatic heterocycles. The minimum absolute atomic E-state index is 0.0681. The summed E-state index contributed by atoms with van der Waals surface area (Å²) >= 11 is 1.73. The van der Waals surface area contributed by atoms with Crippen molar-refractivity contribution >= 4 is 34.3 Å². The van der Waals surface area contributed by atoms with Crippen molar-refractivity contribution in [3.05, 3.63) is 95.2 Å². The number of anilines is 1. The minimum atomic E-state index is -0.136. The van der Waals surface area contributed by atoms with Crippen molar-refractivity contribution in [3.63, 3.8) is 0 Å². The normalized spacial score (nSPS) is 15.6. The number of aromatic nitrogens is 1. The Morgan fingerprint density at radius 1 is 1.00 bits per heavy atom. The first kappa shape index (κ1) is 20.7. The molecule has 2 heterocycles. The summed E-state index contributed by atoms with van der Waals surface area (Å²) in [5, 5.41) is 1.26. The number of aromatic amines is 1. The summed E-state index contributed by atoms with van der Waals surface area (Å²) in [7, 11) is 4.01. The molecule has 4 nitrogen and oxygen atoms in total. The number of para-hydroxylation sites is 1. The maximum atomic E-state index is 13.7. The van der Waals surface area contributed by atoms with Gasteiger partial charge < -0.3 is 14.8 Å². The summed E-state index contributed by atoms with van der Waals surface area (Å²) in [6, 6.07) is 24.8. The summed E-state index contributed by atoms with van der Waals surface area (Å²) in [6.45, 7) is 0.693. The molecule has 0 fully saturated rings. The van der Waals surface area contributed by atoms with E-state index in [9.17, 15) is 4.79 Å². The van der Waals surface area contributed by atoms with Crippen LogP contribution in [0.2, 0.25) is 0 Å². The minimum Gasteiger partial charge on any atom is -0.378 e. The topological polar surface area (TPSA) is 39.3 Å². The Balaban J connectivity index is 1.60. The predicted octanol–water partition coefficient (Wildman–Crippen LogP) is 5.74. The first-order valence-electron chi connectivity index (χ1n) is 10.9. The molecule has 1 atom stereocenters. The number of carbonyl (C=O) groups is 1. The first-order chi connectivity index (χ1) is 15.6. The fourth-order valence-electron chi connectivity index (χ4n) is 4.66. The quantitative estimate of drug-likeness (QED) is 0.410. The Hall–Kier alpha value is -3.18. The molecule has 0 spiro atoms. The second-order valence-corrected chi connectivity index (χ2v) is 9.31. The SMILES string of the molecule is CSc1ccc([C@@H]2c3[nH]c4ccccc4c3CCN2C(=O)c2ccc(N(C)C)cc2)cc1. The fourth-order valence-corrected chi connectivity index (χ4v) is 5.07. The van der Waals surface area contributed by atoms with Gasteiger partial charge in [0.25, 0.3) is 5.91 Å². The highest BCUT2D eigenvalue weighted by molar-refractivity contribution is 7.98. The lowest BCUT2D eigenvalue weighted by Gasteiger charge is -2.36. The largest absolute Gasteiger partial charge is 0.378 e. The number of nitrogens with zero attached hydrogens (tertiary/aromatic N) is 2. The van der Waals surface area contributed by atoms with Crippen molar-refractivity contribution in [2.75, 3.05) is 31.8 Å². The number of nitrogens with one attached hydrogen (secondary N) is 1. The zero-order valence-electron chi connectivity index (χ0n) is 18.6. The molecule has 0 saturated carbocycles. The molecule has 5 rings (SSSR count). The van der Waals surface area contributed by atoms with Crippen LogP contribution in [0, 0.1) is 0 Å². The van der Waals surface area contributed by atoms with E-state index >= 15 is 0 Å². The average Bonchev–Trinajstić information content (AvgIpc) is 3.22. The molecule has 32 heavy (non-hydrogen) atoms. The Labute approximate surface area is 193 Å². The lowest BCUT2D eigenvalue weighted by molar-refractivity contribution is 0.0692. The highest BCUT2D eigenvalue weighted by atomic mass is 32.2. The third kappa shape index (κ3) is 3.56. The van der Waals surface area contributed by atoms with Crippen molar-refractivity contribution in [1.29, 1.82) is 0 Å². The van der Waals surface area contributed by atoms with E-state index in [0.717, 1.165) is 34.4 Å². The molecular formula is C27H27N3OS. The molecule has 5 heteroatoms. The van der Waals surface area contributed by atoms with Gasteiger partial charge in [0.05, 0.1) is 6.04 Å². The standard InChI is InChI=1S/C27H27N3OS/c1-29(2)20-12-8-19(9-13-20)27(31)30-17-16-23-22-6-4-5-7-24(22)28-25(23)26(30)18-10-14-21(32-3)15-11-18/h4-15,26,28H,16-17H2,1-3H3/t26-/m1/s1. The van der Waals surface area contributed by atoms with Crippen LogP contribution in [0.1, 0.15) is 33.2 Å². The molecular weight excluding hydrogens is 414 g/mol. The van der Waals surface area contributed by atoms with Crippen LogP contribution in [0.5, 0.6) is 0 Å². The van der Waals surface area contributed by atoms with Crippen LogP contribution < -0.4 is 4.90 Å². The van der Waals surface area contributed by atoms with E-state index in [1.807, 2.05) is 48.2 Å². The molecule has 162 valence electrons. The Kier molecular flexibility index (Phi) is 5.43. The summed E-state index contributed by atoms with van der Waals surface area (Å²) < 4.78 is 0. The van der Waals surface area contributed by atoms with Crippen LogP contribution in [0.3, 0.4) is 0 Å². The van der Waals surface area contributed by atoms with Gasteiger partial charge in [-0.15, -0.1) is 11.8 Å². The number of amides is 1. The number of hydrogen-bond donors (Lipinski definition) is 1. The Morgan fingerprint density at radius 3 is 2.41 bits per heavy atom. The molecule has 1 N–H and O–H groups in total. The smallest absolute Gasteiger partial charge is 0.254 e. The van der Waals surface area contributed by atoms with Gasteiger partial charge in [-0.1, -0.05) is 30.3 Å². The van der Waals surface area contributed by atoms with Gasteiger partial charge in [0.1, 0.15) is 0 Å². The maximum absolute atomic E-state index is 13.7. The van der Waals surface area contributed by atoms with Gasteiger partial charge in [-0.05, 0) is 66.3 Å². The van der Waals surface area contributed by atoms with Crippen LogP contribution in [0.4, 0.5) is 5.69 Å². The number of fused-ring (bicyclic) bond motifs is 3. The zero-order chi connectivity index (χ0) is 22.2. The Morgan fingerprint density at radius 2 is 1.72 bits per heavy atom. The van der Waals surface area contributed by atoms with E-state index in [1.165, 1.54) is 15.8 Å². The van der Waals surface area contributed by atoms with Crippen LogP contribution in [0.25, 0.3) is 10.9 Å². The van der Waals surface area contributed by atoms with Crippen LogP contribution in [-0.2, 0) is 6.42 Å². The predicted molar refractivity (Wildman–Crippen MR) is 134 cm³/mol. The summed E-state index contributed by atoms with van der Waals surface area (Å²) in [5.41, 5.74) is 6.53. The third-order valence-electron chi connectivity index (χ3n) is 6.36. The highest BCUT2D eigenvalue weighted by Crippen LogP contribution is 2.39. The molecule has 1 aromatic heterocycles. The van der Waals surface area contributed by atoms with Gasteiger partial charge in [-0.25, -0.2) is 0 Å². The molecule has 1 amide bonds. The van der Waals surface area contributed by atoms with Gasteiger partial charge in [-0.2, -0.15) is 0 Å². The van der Waals surface area contributed by atoms with Crippen molar-refractivity contribution < 1.29 is 4.79 Å². The maximum Gasteiger partial charge on any atom is 0.254 e. The van der Waals surface area contributed by atoms with E-state index in [-0.39, 0.29) is 11.9 Å². The number of thioether (sulfide) groups is 1. The number of benzene rings is 3. The third-order valence-corrected chi connectivity index (χ3v) is 7.10. The molecule has 0 aliphatic carbocycles. The van der Waals surface area contributed by atoms with Gasteiger partial charge in [-0.3, -0.25) is 4.79 Å². The number of H-pyrrole nitrogens is 1. The molecule has 4 aromatic rings. The van der Waals surface area contributed by atoms with Crippen molar-refractivity contribution in [1.82, 2.24) is 9.88 Å².